The summed E-state index contributed by atoms with van der Waals surface area (Å²) < 4.78 is 7.64. The van der Waals surface area contributed by atoms with Gasteiger partial charge in [0.25, 0.3) is 0 Å². The fraction of sp³-hybridized carbons (Fsp3) is 0.700. The number of nitrogens with zero attached hydrogens (tertiary/aromatic N) is 2. The van der Waals surface area contributed by atoms with Crippen molar-refractivity contribution in [2.24, 2.45) is 0 Å². The van der Waals surface area contributed by atoms with Crippen molar-refractivity contribution in [3.8, 4) is 0 Å². The number of ether oxygens (including phenoxy) is 1. The summed E-state index contributed by atoms with van der Waals surface area (Å²) in [7, 11) is 0. The van der Waals surface area contributed by atoms with Gasteiger partial charge in [0, 0.05) is 18.9 Å². The third-order valence-electron chi connectivity index (χ3n) is 2.74. The van der Waals surface area contributed by atoms with Crippen molar-refractivity contribution in [2.75, 3.05) is 12.3 Å². The SMILES string of the molecule is Nc1nccn1CCOC1CCCC1. The summed E-state index contributed by atoms with van der Waals surface area (Å²) in [6, 6.07) is 0. The van der Waals surface area contributed by atoms with E-state index in [9.17, 15) is 0 Å². The van der Waals surface area contributed by atoms with Gasteiger partial charge in [-0.25, -0.2) is 4.98 Å². The smallest absolute Gasteiger partial charge is 0.200 e. The number of nitrogen functional groups attached to an aromatic ring is 1. The molecule has 0 aromatic carbocycles. The molecule has 1 fully saturated rings. The number of rotatable bonds is 4. The van der Waals surface area contributed by atoms with Crippen molar-refractivity contribution in [1.29, 1.82) is 0 Å². The number of hydrogen-bond acceptors (Lipinski definition) is 3. The molecular formula is C10H17N3O. The van der Waals surface area contributed by atoms with Crippen molar-refractivity contribution < 1.29 is 4.74 Å². The highest BCUT2D eigenvalue weighted by Crippen LogP contribution is 2.20. The number of aromatic nitrogens is 2. The Morgan fingerprint density at radius 3 is 2.93 bits per heavy atom. The van der Waals surface area contributed by atoms with Gasteiger partial charge in [0.05, 0.1) is 12.7 Å². The summed E-state index contributed by atoms with van der Waals surface area (Å²) in [6.07, 6.45) is 9.16. The highest BCUT2D eigenvalue weighted by atomic mass is 16.5. The van der Waals surface area contributed by atoms with E-state index in [1.165, 1.54) is 25.7 Å². The van der Waals surface area contributed by atoms with Gasteiger partial charge < -0.3 is 15.0 Å². The van der Waals surface area contributed by atoms with E-state index in [1.807, 2.05) is 10.8 Å². The Kier molecular flexibility index (Phi) is 3.03. The molecule has 0 amide bonds. The first-order valence-electron chi connectivity index (χ1n) is 5.24. The van der Waals surface area contributed by atoms with Crippen LogP contribution >= 0.6 is 0 Å². The maximum atomic E-state index is 5.73. The van der Waals surface area contributed by atoms with E-state index in [4.69, 9.17) is 10.5 Å². The largest absolute Gasteiger partial charge is 0.376 e. The maximum absolute atomic E-state index is 5.73. The van der Waals surface area contributed by atoms with Crippen LogP contribution in [0.1, 0.15) is 25.7 Å². The van der Waals surface area contributed by atoms with Crippen LogP contribution in [0.4, 0.5) is 5.95 Å². The molecule has 1 aromatic rings. The summed E-state index contributed by atoms with van der Waals surface area (Å²) in [5.41, 5.74) is 5.63. The Balaban J connectivity index is 1.70. The number of imidazole rings is 1. The minimum atomic E-state index is 0.486. The Hall–Kier alpha value is -1.03. The lowest BCUT2D eigenvalue weighted by Gasteiger charge is -2.11. The molecule has 1 aliphatic carbocycles. The van der Waals surface area contributed by atoms with E-state index in [2.05, 4.69) is 4.98 Å². The molecule has 78 valence electrons. The van der Waals surface area contributed by atoms with Crippen LogP contribution < -0.4 is 5.73 Å². The topological polar surface area (TPSA) is 53.1 Å². The molecule has 4 nitrogen and oxygen atoms in total. The van der Waals surface area contributed by atoms with Crippen LogP contribution in [0.25, 0.3) is 0 Å². The monoisotopic (exact) mass is 195 g/mol. The minimum Gasteiger partial charge on any atom is -0.376 e. The van der Waals surface area contributed by atoms with Gasteiger partial charge in [0.15, 0.2) is 5.95 Å². The first kappa shape index (κ1) is 9.52. The molecule has 4 heteroatoms. The van der Waals surface area contributed by atoms with Crippen molar-refractivity contribution in [2.45, 2.75) is 38.3 Å². The molecule has 0 aliphatic heterocycles. The van der Waals surface area contributed by atoms with Gasteiger partial charge in [0.2, 0.25) is 0 Å². The summed E-state index contributed by atoms with van der Waals surface area (Å²) in [5.74, 6) is 0.569. The van der Waals surface area contributed by atoms with Gasteiger partial charge in [-0.05, 0) is 12.8 Å². The third kappa shape index (κ3) is 2.26. The van der Waals surface area contributed by atoms with Crippen molar-refractivity contribution >= 4 is 5.95 Å². The Morgan fingerprint density at radius 1 is 1.50 bits per heavy atom. The van der Waals surface area contributed by atoms with Gasteiger partial charge in [-0.15, -0.1) is 0 Å². The molecule has 2 N–H and O–H groups in total. The second-order valence-corrected chi connectivity index (χ2v) is 3.76. The van der Waals surface area contributed by atoms with Crippen LogP contribution in [0.5, 0.6) is 0 Å². The fourth-order valence-electron chi connectivity index (χ4n) is 1.90. The standard InChI is InChI=1S/C10H17N3O/c11-10-12-5-6-13(10)7-8-14-9-3-1-2-4-9/h5-6,9H,1-4,7-8H2,(H2,11,12). The molecule has 14 heavy (non-hydrogen) atoms. The highest BCUT2D eigenvalue weighted by molar-refractivity contribution is 5.16. The van der Waals surface area contributed by atoms with Crippen molar-refractivity contribution in [3.63, 3.8) is 0 Å². The van der Waals surface area contributed by atoms with Crippen LogP contribution in [0.15, 0.2) is 12.4 Å². The molecule has 0 bridgehead atoms. The molecule has 0 saturated heterocycles. The van der Waals surface area contributed by atoms with Gasteiger partial charge in [-0.3, -0.25) is 0 Å². The molecule has 2 rings (SSSR count). The molecule has 1 heterocycles. The third-order valence-corrected chi connectivity index (χ3v) is 2.74. The Morgan fingerprint density at radius 2 is 2.29 bits per heavy atom. The molecule has 0 spiro atoms. The molecule has 0 radical (unpaired) electrons. The van der Waals surface area contributed by atoms with Gasteiger partial charge >= 0.3 is 0 Å². The predicted octanol–water partition coefficient (Wildman–Crippen LogP) is 1.42. The zero-order valence-corrected chi connectivity index (χ0v) is 8.35. The molecule has 0 unspecified atom stereocenters. The van der Waals surface area contributed by atoms with Crippen molar-refractivity contribution in [3.05, 3.63) is 12.4 Å². The van der Waals surface area contributed by atoms with Crippen LogP contribution in [0.3, 0.4) is 0 Å². The first-order valence-corrected chi connectivity index (χ1v) is 5.24. The van der Waals surface area contributed by atoms with Crippen molar-refractivity contribution in [1.82, 2.24) is 9.55 Å². The number of nitrogens with two attached hydrogens (primary N) is 1. The maximum Gasteiger partial charge on any atom is 0.200 e. The fourth-order valence-corrected chi connectivity index (χ4v) is 1.90. The zero-order chi connectivity index (χ0) is 9.80. The summed E-state index contributed by atoms with van der Waals surface area (Å²) in [5, 5.41) is 0. The normalized spacial score (nSPS) is 17.7. The molecule has 1 saturated carbocycles. The quantitative estimate of drug-likeness (QED) is 0.790. The van der Waals surface area contributed by atoms with Crippen LogP contribution in [0.2, 0.25) is 0 Å². The van der Waals surface area contributed by atoms with Crippen LogP contribution in [0, 0.1) is 0 Å². The van der Waals surface area contributed by atoms with Crippen LogP contribution in [-0.2, 0) is 11.3 Å². The Labute approximate surface area is 84.1 Å². The predicted molar refractivity (Wildman–Crippen MR) is 54.8 cm³/mol. The summed E-state index contributed by atoms with van der Waals surface area (Å²) in [4.78, 5) is 3.95. The van der Waals surface area contributed by atoms with E-state index in [1.54, 1.807) is 6.20 Å². The van der Waals surface area contributed by atoms with Crippen LogP contribution in [-0.4, -0.2) is 22.3 Å². The molecule has 0 atom stereocenters. The molecule has 1 aliphatic rings. The lowest BCUT2D eigenvalue weighted by Crippen LogP contribution is -2.13. The van der Waals surface area contributed by atoms with Gasteiger partial charge in [0.1, 0.15) is 0 Å². The number of hydrogen-bond donors (Lipinski definition) is 1. The second-order valence-electron chi connectivity index (χ2n) is 3.76. The average Bonchev–Trinajstić information content (AvgIpc) is 2.78. The molecule has 1 aromatic heterocycles. The number of anilines is 1. The highest BCUT2D eigenvalue weighted by Gasteiger charge is 2.14. The summed E-state index contributed by atoms with van der Waals surface area (Å²) in [6.45, 7) is 1.55. The zero-order valence-electron chi connectivity index (χ0n) is 8.35. The van der Waals surface area contributed by atoms with E-state index in [-0.39, 0.29) is 0 Å². The Bertz CT molecular complexity index is 279. The molecular weight excluding hydrogens is 178 g/mol. The van der Waals surface area contributed by atoms with E-state index < -0.39 is 0 Å². The lowest BCUT2D eigenvalue weighted by atomic mass is 10.3. The van der Waals surface area contributed by atoms with E-state index >= 15 is 0 Å². The van der Waals surface area contributed by atoms with E-state index in [0.29, 0.717) is 12.1 Å². The van der Waals surface area contributed by atoms with Gasteiger partial charge in [-0.2, -0.15) is 0 Å². The lowest BCUT2D eigenvalue weighted by molar-refractivity contribution is 0.0532. The second kappa shape index (κ2) is 4.46. The van der Waals surface area contributed by atoms with E-state index in [0.717, 1.165) is 13.2 Å². The first-order chi connectivity index (χ1) is 6.86. The summed E-state index contributed by atoms with van der Waals surface area (Å²) >= 11 is 0. The average molecular weight is 195 g/mol. The minimum absolute atomic E-state index is 0.486. The van der Waals surface area contributed by atoms with Gasteiger partial charge in [-0.1, -0.05) is 12.8 Å².